The summed E-state index contributed by atoms with van der Waals surface area (Å²) >= 11 is 0. The Bertz CT molecular complexity index is 1240. The van der Waals surface area contributed by atoms with E-state index in [2.05, 4.69) is 30.6 Å². The second-order valence-electron chi connectivity index (χ2n) is 7.86. The monoisotopic (exact) mass is 437 g/mol. The lowest BCUT2D eigenvalue weighted by atomic mass is 10.0. The molecule has 0 N–H and O–H groups in total. The van der Waals surface area contributed by atoms with E-state index >= 15 is 0 Å². The number of rotatable bonds is 6. The number of unbranched alkanes of at least 4 members (excludes halogenated alkanes) is 4. The van der Waals surface area contributed by atoms with Crippen molar-refractivity contribution in [3.05, 3.63) is 106 Å². The van der Waals surface area contributed by atoms with Gasteiger partial charge >= 0.3 is 0 Å². The maximum Gasteiger partial charge on any atom is 0.140 e. The van der Waals surface area contributed by atoms with Gasteiger partial charge in [-0.05, 0) is 66.9 Å². The molecular formula is C30H25F2N. The highest BCUT2D eigenvalue weighted by Gasteiger charge is 2.07. The number of hydrogen-bond acceptors (Lipinski definition) is 1. The van der Waals surface area contributed by atoms with Crippen LogP contribution in [0.15, 0.2) is 60.7 Å². The molecule has 1 nitrogen and oxygen atoms in total. The molecule has 0 aliphatic carbocycles. The van der Waals surface area contributed by atoms with E-state index in [1.165, 1.54) is 37.7 Å². The highest BCUT2D eigenvalue weighted by molar-refractivity contribution is 5.50. The molecule has 3 rings (SSSR count). The quantitative estimate of drug-likeness (QED) is 0.297. The summed E-state index contributed by atoms with van der Waals surface area (Å²) in [4.78, 5) is 0. The number of nitrogens with zero attached hydrogens (tertiary/aromatic N) is 1. The Morgan fingerprint density at radius 2 is 1.12 bits per heavy atom. The molecule has 164 valence electrons. The molecule has 0 atom stereocenters. The van der Waals surface area contributed by atoms with E-state index in [0.717, 1.165) is 24.1 Å². The topological polar surface area (TPSA) is 23.8 Å². The first-order valence-electron chi connectivity index (χ1n) is 11.2. The van der Waals surface area contributed by atoms with Crippen molar-refractivity contribution in [3.8, 4) is 29.8 Å². The first-order valence-corrected chi connectivity index (χ1v) is 11.2. The fraction of sp³-hybridized carbons (Fsp3) is 0.233. The summed E-state index contributed by atoms with van der Waals surface area (Å²) < 4.78 is 28.9. The second-order valence-corrected chi connectivity index (χ2v) is 7.86. The van der Waals surface area contributed by atoms with E-state index in [1.54, 1.807) is 24.3 Å². The molecule has 3 aromatic carbocycles. The van der Waals surface area contributed by atoms with Gasteiger partial charge in [-0.3, -0.25) is 0 Å². The van der Waals surface area contributed by atoms with E-state index in [9.17, 15) is 8.78 Å². The largest absolute Gasteiger partial charge is 0.206 e. The Hall–Kier alpha value is -3.87. The zero-order valence-electron chi connectivity index (χ0n) is 18.7. The molecule has 0 heterocycles. The van der Waals surface area contributed by atoms with Gasteiger partial charge in [0.05, 0.1) is 22.8 Å². The Labute approximate surface area is 195 Å². The number of halogens is 2. The van der Waals surface area contributed by atoms with Gasteiger partial charge in [-0.2, -0.15) is 5.26 Å². The van der Waals surface area contributed by atoms with Crippen LogP contribution in [0.3, 0.4) is 0 Å². The van der Waals surface area contributed by atoms with Gasteiger partial charge in [0.2, 0.25) is 0 Å². The Morgan fingerprint density at radius 1 is 0.636 bits per heavy atom. The summed E-state index contributed by atoms with van der Waals surface area (Å²) in [6, 6.07) is 18.7. The molecule has 0 fully saturated rings. The van der Waals surface area contributed by atoms with Gasteiger partial charge in [0.25, 0.3) is 0 Å². The molecule has 0 amide bonds. The van der Waals surface area contributed by atoms with Gasteiger partial charge in [0.1, 0.15) is 11.6 Å². The van der Waals surface area contributed by atoms with Crippen molar-refractivity contribution >= 4 is 0 Å². The van der Waals surface area contributed by atoms with Gasteiger partial charge in [-0.15, -0.1) is 0 Å². The van der Waals surface area contributed by atoms with Crippen LogP contribution in [-0.2, 0) is 6.42 Å². The molecule has 0 bridgehead atoms. The summed E-state index contributed by atoms with van der Waals surface area (Å²) in [5, 5.41) is 8.82. The minimum atomic E-state index is -0.625. The molecule has 0 radical (unpaired) electrons. The van der Waals surface area contributed by atoms with Gasteiger partial charge in [0, 0.05) is 11.1 Å². The zero-order valence-corrected chi connectivity index (χ0v) is 18.7. The van der Waals surface area contributed by atoms with Crippen molar-refractivity contribution in [1.82, 2.24) is 0 Å². The number of benzene rings is 3. The maximum absolute atomic E-state index is 14.5. The third-order valence-electron chi connectivity index (χ3n) is 5.28. The van der Waals surface area contributed by atoms with Crippen molar-refractivity contribution in [3.63, 3.8) is 0 Å². The smallest absolute Gasteiger partial charge is 0.140 e. The van der Waals surface area contributed by atoms with Crippen LogP contribution < -0.4 is 0 Å². The van der Waals surface area contributed by atoms with Crippen LogP contribution >= 0.6 is 0 Å². The summed E-state index contributed by atoms with van der Waals surface area (Å²) in [5.74, 6) is 9.83. The van der Waals surface area contributed by atoms with E-state index in [-0.39, 0.29) is 11.1 Å². The van der Waals surface area contributed by atoms with Gasteiger partial charge in [-0.1, -0.05) is 68.4 Å². The van der Waals surface area contributed by atoms with Crippen molar-refractivity contribution in [2.75, 3.05) is 0 Å². The summed E-state index contributed by atoms with van der Waals surface area (Å²) in [6.07, 6.45) is 7.27. The highest BCUT2D eigenvalue weighted by atomic mass is 19.1. The molecule has 33 heavy (non-hydrogen) atoms. The lowest BCUT2D eigenvalue weighted by Crippen LogP contribution is -1.92. The van der Waals surface area contributed by atoms with Crippen molar-refractivity contribution in [2.24, 2.45) is 0 Å². The van der Waals surface area contributed by atoms with E-state index in [0.29, 0.717) is 11.1 Å². The van der Waals surface area contributed by atoms with E-state index < -0.39 is 11.6 Å². The second kappa shape index (κ2) is 12.2. The normalized spacial score (nSPS) is 9.88. The van der Waals surface area contributed by atoms with Crippen LogP contribution in [0.2, 0.25) is 0 Å². The standard InChI is InChI=1S/C30H25F2N/c1-2-3-4-5-6-7-23-8-10-24(11-9-23)16-18-27-20-30(32)28(21-29(27)31)19-17-25-12-14-26(22-33)15-13-25/h8-15,20-21H,2-7H2,1H3. The molecule has 3 aromatic rings. The number of nitriles is 1. The summed E-state index contributed by atoms with van der Waals surface area (Å²) in [5.41, 5.74) is 3.11. The number of aryl methyl sites for hydroxylation is 1. The average molecular weight is 438 g/mol. The van der Waals surface area contributed by atoms with Gasteiger partial charge < -0.3 is 0 Å². The molecule has 0 saturated carbocycles. The molecule has 0 aromatic heterocycles. The third-order valence-corrected chi connectivity index (χ3v) is 5.28. The Kier molecular flexibility index (Phi) is 8.82. The van der Waals surface area contributed by atoms with Gasteiger partial charge in [-0.25, -0.2) is 8.78 Å². The predicted molar refractivity (Wildman–Crippen MR) is 128 cm³/mol. The highest BCUT2D eigenvalue weighted by Crippen LogP contribution is 2.15. The molecule has 0 unspecified atom stereocenters. The first-order chi connectivity index (χ1) is 16.1. The van der Waals surface area contributed by atoms with Crippen molar-refractivity contribution in [1.29, 1.82) is 5.26 Å². The maximum atomic E-state index is 14.5. The lowest BCUT2D eigenvalue weighted by Gasteiger charge is -2.02. The zero-order chi connectivity index (χ0) is 23.5. The van der Waals surface area contributed by atoms with Crippen LogP contribution in [0, 0.1) is 46.6 Å². The molecule has 0 aliphatic heterocycles. The van der Waals surface area contributed by atoms with E-state index in [1.807, 2.05) is 30.3 Å². The van der Waals surface area contributed by atoms with Crippen LogP contribution in [0.4, 0.5) is 8.78 Å². The lowest BCUT2D eigenvalue weighted by molar-refractivity contribution is 0.594. The van der Waals surface area contributed by atoms with Gasteiger partial charge in [0.15, 0.2) is 0 Å². The Morgan fingerprint density at radius 3 is 1.64 bits per heavy atom. The third kappa shape index (κ3) is 7.35. The molecule has 0 aliphatic rings. The fourth-order valence-electron chi connectivity index (χ4n) is 3.33. The van der Waals surface area contributed by atoms with Crippen LogP contribution in [0.5, 0.6) is 0 Å². The molecule has 0 spiro atoms. The number of hydrogen-bond donors (Lipinski definition) is 0. The average Bonchev–Trinajstić information content (AvgIpc) is 2.84. The van der Waals surface area contributed by atoms with Crippen LogP contribution in [0.25, 0.3) is 0 Å². The molecule has 0 saturated heterocycles. The Balaban J connectivity index is 1.66. The van der Waals surface area contributed by atoms with Crippen LogP contribution in [-0.4, -0.2) is 0 Å². The SMILES string of the molecule is CCCCCCCc1ccc(C#Cc2cc(F)c(C#Cc3ccc(C#N)cc3)cc2F)cc1. The van der Waals surface area contributed by atoms with Crippen LogP contribution in [0.1, 0.15) is 72.4 Å². The van der Waals surface area contributed by atoms with Crippen molar-refractivity contribution in [2.45, 2.75) is 45.4 Å². The minimum absolute atomic E-state index is 0.00331. The fourth-order valence-corrected chi connectivity index (χ4v) is 3.33. The minimum Gasteiger partial charge on any atom is -0.206 e. The summed E-state index contributed by atoms with van der Waals surface area (Å²) in [7, 11) is 0. The molecular weight excluding hydrogens is 412 g/mol. The van der Waals surface area contributed by atoms with Crippen molar-refractivity contribution < 1.29 is 8.78 Å². The first kappa shape index (κ1) is 23.8. The van der Waals surface area contributed by atoms with E-state index in [4.69, 9.17) is 5.26 Å². The summed E-state index contributed by atoms with van der Waals surface area (Å²) in [6.45, 7) is 2.21. The molecule has 3 heteroatoms. The predicted octanol–water partition coefficient (Wildman–Crippen LogP) is 7.15.